The quantitative estimate of drug-likeness (QED) is 0.414. The largest absolute Gasteiger partial charge is 0.396 e. The minimum absolute atomic E-state index is 0.0999. The minimum Gasteiger partial charge on any atom is -0.396 e. The van der Waals surface area contributed by atoms with Gasteiger partial charge in [-0.05, 0) is 35.6 Å². The van der Waals surface area contributed by atoms with Gasteiger partial charge in [0.15, 0.2) is 0 Å². The number of fused-ring (bicyclic) bond motifs is 1. The lowest BCUT2D eigenvalue weighted by Crippen LogP contribution is -2.51. The first-order valence-corrected chi connectivity index (χ1v) is 9.42. The molecule has 0 aliphatic carbocycles. The number of carbonyl (C=O) groups excluding carboxylic acids is 1. The van der Waals surface area contributed by atoms with Crippen molar-refractivity contribution >= 4 is 16.7 Å². The molecule has 0 saturated carbocycles. The molecule has 1 unspecified atom stereocenters. The molecule has 4 nitrogen and oxygen atoms in total. The summed E-state index contributed by atoms with van der Waals surface area (Å²) in [4.78, 5) is 13.6. The molecule has 0 bridgehead atoms. The molecule has 1 fully saturated rings. The van der Waals surface area contributed by atoms with E-state index in [4.69, 9.17) is 5.11 Å². The Labute approximate surface area is 154 Å². The summed E-state index contributed by atoms with van der Waals surface area (Å²) in [6.45, 7) is 0.937. The second-order valence-corrected chi connectivity index (χ2v) is 6.98. The van der Waals surface area contributed by atoms with Gasteiger partial charge in [-0.1, -0.05) is 54.6 Å². The number of nitrogens with zero attached hydrogens (tertiary/aromatic N) is 1. The van der Waals surface area contributed by atoms with Crippen LogP contribution >= 0.6 is 0 Å². The van der Waals surface area contributed by atoms with Crippen LogP contribution in [0.15, 0.2) is 54.6 Å². The Hall–Kier alpha value is -2.17. The number of hydrogen-bond donors (Lipinski definition) is 2. The third kappa shape index (κ3) is 4.71. The molecule has 2 N–H and O–H groups in total. The molecule has 4 heteroatoms. The molecule has 1 amide bonds. The molecule has 138 valence electrons. The van der Waals surface area contributed by atoms with Gasteiger partial charge in [-0.2, -0.15) is 0 Å². The zero-order valence-corrected chi connectivity index (χ0v) is 15.1. The molecule has 2 atom stereocenters. The topological polar surface area (TPSA) is 60.8 Å². The first-order valence-electron chi connectivity index (χ1n) is 9.42. The molecule has 2 aromatic carbocycles. The number of benzene rings is 2. The van der Waals surface area contributed by atoms with Crippen LogP contribution in [0.4, 0.5) is 0 Å². The Morgan fingerprint density at radius 2 is 1.92 bits per heavy atom. The van der Waals surface area contributed by atoms with Crippen LogP contribution in [0.3, 0.4) is 0 Å². The number of hydrogen-bond acceptors (Lipinski definition) is 3. The molecule has 0 spiro atoms. The number of unbranched alkanes of at least 4 members (excludes halogenated alkanes) is 2. The summed E-state index contributed by atoms with van der Waals surface area (Å²) < 4.78 is 0. The third-order valence-electron chi connectivity index (χ3n) is 4.98. The van der Waals surface area contributed by atoms with E-state index in [1.54, 1.807) is 0 Å². The number of aliphatic hydroxyl groups excluding tert-OH is 2. The lowest BCUT2D eigenvalue weighted by Gasteiger charge is -2.39. The SMILES string of the molecule is O=C1C[C@H](/C=C/C(O)Cc2ccc3ccccc3c2)N1CCCCCO. The van der Waals surface area contributed by atoms with E-state index in [1.807, 2.05) is 29.2 Å². The van der Waals surface area contributed by atoms with E-state index in [0.717, 1.165) is 31.4 Å². The Balaban J connectivity index is 1.51. The van der Waals surface area contributed by atoms with E-state index in [-0.39, 0.29) is 18.6 Å². The molecule has 0 radical (unpaired) electrons. The van der Waals surface area contributed by atoms with Crippen LogP contribution in [0, 0.1) is 0 Å². The average molecular weight is 353 g/mol. The van der Waals surface area contributed by atoms with Gasteiger partial charge in [0.25, 0.3) is 0 Å². The first-order chi connectivity index (χ1) is 12.7. The second kappa shape index (κ2) is 8.97. The second-order valence-electron chi connectivity index (χ2n) is 6.98. The fraction of sp³-hybridized carbons (Fsp3) is 0.409. The van der Waals surface area contributed by atoms with Crippen molar-refractivity contribution in [1.29, 1.82) is 0 Å². The summed E-state index contributed by atoms with van der Waals surface area (Å²) in [5.41, 5.74) is 1.10. The summed E-state index contributed by atoms with van der Waals surface area (Å²) in [5, 5.41) is 21.5. The van der Waals surface area contributed by atoms with Crippen LogP contribution in [0.1, 0.15) is 31.2 Å². The molecule has 3 rings (SSSR count). The number of amides is 1. The Morgan fingerprint density at radius 3 is 2.69 bits per heavy atom. The first kappa shape index (κ1) is 18.6. The van der Waals surface area contributed by atoms with Crippen molar-refractivity contribution in [3.63, 3.8) is 0 Å². The number of β-lactam (4-membered cyclic amide) rings is 1. The number of carbonyl (C=O) groups is 1. The highest BCUT2D eigenvalue weighted by molar-refractivity contribution is 5.84. The van der Waals surface area contributed by atoms with Crippen LogP contribution in [0.5, 0.6) is 0 Å². The Morgan fingerprint density at radius 1 is 1.12 bits per heavy atom. The van der Waals surface area contributed by atoms with E-state index in [2.05, 4.69) is 30.3 Å². The van der Waals surface area contributed by atoms with Crippen LogP contribution in [0.2, 0.25) is 0 Å². The van der Waals surface area contributed by atoms with Gasteiger partial charge in [0, 0.05) is 19.6 Å². The summed E-state index contributed by atoms with van der Waals surface area (Å²) in [6, 6.07) is 14.6. The molecule has 1 aliphatic heterocycles. The maximum atomic E-state index is 11.7. The predicted molar refractivity (Wildman–Crippen MR) is 104 cm³/mol. The summed E-state index contributed by atoms with van der Waals surface area (Å²) >= 11 is 0. The molecular formula is C22H27NO3. The van der Waals surface area contributed by atoms with Gasteiger partial charge in [0.2, 0.25) is 5.91 Å². The van der Waals surface area contributed by atoms with Crippen molar-refractivity contribution in [2.45, 2.75) is 44.2 Å². The molecule has 1 heterocycles. The lowest BCUT2D eigenvalue weighted by molar-refractivity contribution is -0.143. The molecule has 1 aliphatic rings. The summed E-state index contributed by atoms with van der Waals surface area (Å²) in [6.07, 6.45) is 6.94. The van der Waals surface area contributed by atoms with Crippen molar-refractivity contribution in [2.75, 3.05) is 13.2 Å². The van der Waals surface area contributed by atoms with Gasteiger partial charge in [-0.15, -0.1) is 0 Å². The average Bonchev–Trinajstić information content (AvgIpc) is 2.64. The highest BCUT2D eigenvalue weighted by Gasteiger charge is 2.33. The van der Waals surface area contributed by atoms with Crippen molar-refractivity contribution < 1.29 is 15.0 Å². The Kier molecular flexibility index (Phi) is 6.42. The van der Waals surface area contributed by atoms with Crippen molar-refractivity contribution in [3.05, 3.63) is 60.2 Å². The summed E-state index contributed by atoms with van der Waals surface area (Å²) in [5.74, 6) is 0.174. The highest BCUT2D eigenvalue weighted by Crippen LogP contribution is 2.22. The molecule has 26 heavy (non-hydrogen) atoms. The van der Waals surface area contributed by atoms with Gasteiger partial charge >= 0.3 is 0 Å². The maximum absolute atomic E-state index is 11.7. The van der Waals surface area contributed by atoms with E-state index >= 15 is 0 Å². The normalized spacial score (nSPS) is 18.5. The monoisotopic (exact) mass is 353 g/mol. The van der Waals surface area contributed by atoms with Gasteiger partial charge < -0.3 is 15.1 Å². The van der Waals surface area contributed by atoms with Crippen molar-refractivity contribution in [3.8, 4) is 0 Å². The lowest BCUT2D eigenvalue weighted by atomic mass is 9.98. The fourth-order valence-electron chi connectivity index (χ4n) is 3.44. The predicted octanol–water partition coefficient (Wildman–Crippen LogP) is 3.06. The van der Waals surface area contributed by atoms with E-state index in [0.29, 0.717) is 12.8 Å². The number of aliphatic hydroxyl groups is 2. The van der Waals surface area contributed by atoms with Crippen LogP contribution < -0.4 is 0 Å². The highest BCUT2D eigenvalue weighted by atomic mass is 16.3. The minimum atomic E-state index is -0.553. The van der Waals surface area contributed by atoms with Gasteiger partial charge in [0.05, 0.1) is 18.6 Å². The standard InChI is InChI=1S/C22H27NO3/c24-13-5-1-4-12-23-20(16-22(23)26)10-11-21(25)15-17-8-9-18-6-2-3-7-19(18)14-17/h2-3,6-11,14,20-21,24-25H,1,4-5,12-13,15-16H2/b11-10+/t20-,21?/m0/s1. The van der Waals surface area contributed by atoms with Gasteiger partial charge in [-0.25, -0.2) is 0 Å². The smallest absolute Gasteiger partial charge is 0.225 e. The van der Waals surface area contributed by atoms with Crippen LogP contribution in [-0.4, -0.2) is 46.3 Å². The summed E-state index contributed by atoms with van der Waals surface area (Å²) in [7, 11) is 0. The van der Waals surface area contributed by atoms with Crippen LogP contribution in [-0.2, 0) is 11.2 Å². The molecule has 2 aromatic rings. The Bertz CT molecular complexity index is 771. The molecule has 1 saturated heterocycles. The van der Waals surface area contributed by atoms with Crippen molar-refractivity contribution in [2.24, 2.45) is 0 Å². The van der Waals surface area contributed by atoms with Crippen molar-refractivity contribution in [1.82, 2.24) is 4.90 Å². The fourth-order valence-corrected chi connectivity index (χ4v) is 3.44. The number of likely N-dealkylation sites (tertiary alicyclic amines) is 1. The van der Waals surface area contributed by atoms with E-state index < -0.39 is 6.10 Å². The number of rotatable bonds is 9. The van der Waals surface area contributed by atoms with Gasteiger partial charge in [0.1, 0.15) is 0 Å². The van der Waals surface area contributed by atoms with E-state index in [1.165, 1.54) is 10.8 Å². The third-order valence-corrected chi connectivity index (χ3v) is 4.98. The van der Waals surface area contributed by atoms with Gasteiger partial charge in [-0.3, -0.25) is 4.79 Å². The maximum Gasteiger partial charge on any atom is 0.225 e. The molecule has 0 aromatic heterocycles. The zero-order valence-electron chi connectivity index (χ0n) is 15.1. The van der Waals surface area contributed by atoms with Crippen LogP contribution in [0.25, 0.3) is 10.8 Å². The van der Waals surface area contributed by atoms with E-state index in [9.17, 15) is 9.90 Å². The zero-order chi connectivity index (χ0) is 18.4. The molecular weight excluding hydrogens is 326 g/mol.